The van der Waals surface area contributed by atoms with Gasteiger partial charge in [0.25, 0.3) is 0 Å². The summed E-state index contributed by atoms with van der Waals surface area (Å²) in [5.74, 6) is 1.04. The molecule has 0 spiro atoms. The Morgan fingerprint density at radius 3 is 2.38 bits per heavy atom. The van der Waals surface area contributed by atoms with Gasteiger partial charge < -0.3 is 5.32 Å². The SMILES string of the molecule is CCC(C)(C)NCCN(CC1CC1)C1CC1. The molecular formula is C14H28N2. The third-order valence-corrected chi connectivity index (χ3v) is 4.14. The van der Waals surface area contributed by atoms with Crippen LogP contribution in [0.3, 0.4) is 0 Å². The molecule has 0 heterocycles. The zero-order valence-corrected chi connectivity index (χ0v) is 11.3. The van der Waals surface area contributed by atoms with Crippen molar-refractivity contribution in [3.8, 4) is 0 Å². The van der Waals surface area contributed by atoms with E-state index in [4.69, 9.17) is 0 Å². The van der Waals surface area contributed by atoms with Gasteiger partial charge in [0.05, 0.1) is 0 Å². The Balaban J connectivity index is 1.65. The molecule has 0 atom stereocenters. The topological polar surface area (TPSA) is 15.3 Å². The number of nitrogens with one attached hydrogen (secondary N) is 1. The molecule has 0 aliphatic heterocycles. The maximum Gasteiger partial charge on any atom is 0.0123 e. The molecule has 2 fully saturated rings. The lowest BCUT2D eigenvalue weighted by Gasteiger charge is -2.28. The molecule has 2 saturated carbocycles. The summed E-state index contributed by atoms with van der Waals surface area (Å²) in [6.45, 7) is 10.6. The Kier molecular flexibility index (Phi) is 3.91. The largest absolute Gasteiger partial charge is 0.311 e. The van der Waals surface area contributed by atoms with Crippen LogP contribution in [0.2, 0.25) is 0 Å². The van der Waals surface area contributed by atoms with E-state index in [1.807, 2.05) is 0 Å². The molecule has 2 nitrogen and oxygen atoms in total. The summed E-state index contributed by atoms with van der Waals surface area (Å²) in [7, 11) is 0. The van der Waals surface area contributed by atoms with Crippen molar-refractivity contribution < 1.29 is 0 Å². The van der Waals surface area contributed by atoms with E-state index in [9.17, 15) is 0 Å². The van der Waals surface area contributed by atoms with Gasteiger partial charge in [-0.25, -0.2) is 0 Å². The van der Waals surface area contributed by atoms with Crippen molar-refractivity contribution in [3.05, 3.63) is 0 Å². The zero-order chi connectivity index (χ0) is 11.6. The Morgan fingerprint density at radius 1 is 1.19 bits per heavy atom. The highest BCUT2D eigenvalue weighted by molar-refractivity contribution is 4.89. The molecule has 0 bridgehead atoms. The van der Waals surface area contributed by atoms with Crippen molar-refractivity contribution in [1.82, 2.24) is 10.2 Å². The van der Waals surface area contributed by atoms with Crippen LogP contribution in [0.25, 0.3) is 0 Å². The predicted molar refractivity (Wildman–Crippen MR) is 69.7 cm³/mol. The van der Waals surface area contributed by atoms with Gasteiger partial charge in [0.15, 0.2) is 0 Å². The van der Waals surface area contributed by atoms with Crippen LogP contribution in [0.15, 0.2) is 0 Å². The fourth-order valence-corrected chi connectivity index (χ4v) is 2.16. The minimum atomic E-state index is 0.314. The Labute approximate surface area is 101 Å². The molecule has 2 rings (SSSR count). The normalized spacial score (nSPS) is 21.8. The summed E-state index contributed by atoms with van der Waals surface area (Å²) in [5.41, 5.74) is 0.314. The monoisotopic (exact) mass is 224 g/mol. The zero-order valence-electron chi connectivity index (χ0n) is 11.3. The molecule has 1 N–H and O–H groups in total. The van der Waals surface area contributed by atoms with Crippen LogP contribution in [0, 0.1) is 5.92 Å². The predicted octanol–water partition coefficient (Wildman–Crippen LogP) is 2.64. The first-order valence-corrected chi connectivity index (χ1v) is 7.10. The second kappa shape index (κ2) is 5.05. The van der Waals surface area contributed by atoms with E-state index in [0.29, 0.717) is 5.54 Å². The number of hydrogen-bond donors (Lipinski definition) is 1. The molecule has 2 aliphatic rings. The van der Waals surface area contributed by atoms with Crippen LogP contribution < -0.4 is 5.32 Å². The highest BCUT2D eigenvalue weighted by atomic mass is 15.2. The van der Waals surface area contributed by atoms with Crippen LogP contribution in [0.1, 0.15) is 52.9 Å². The second-order valence-electron chi connectivity index (χ2n) is 6.33. The van der Waals surface area contributed by atoms with Crippen LogP contribution in [0.4, 0.5) is 0 Å². The van der Waals surface area contributed by atoms with Gasteiger partial charge in [-0.2, -0.15) is 0 Å². The van der Waals surface area contributed by atoms with Crippen LogP contribution in [-0.2, 0) is 0 Å². The molecule has 0 saturated heterocycles. The molecule has 2 aliphatic carbocycles. The average molecular weight is 224 g/mol. The maximum absolute atomic E-state index is 3.67. The number of rotatable bonds is 8. The molecule has 0 amide bonds. The molecular weight excluding hydrogens is 196 g/mol. The van der Waals surface area contributed by atoms with Crippen LogP contribution in [-0.4, -0.2) is 36.1 Å². The van der Waals surface area contributed by atoms with Gasteiger partial charge in [-0.15, -0.1) is 0 Å². The summed E-state index contributed by atoms with van der Waals surface area (Å²) in [6.07, 6.45) is 7.07. The van der Waals surface area contributed by atoms with Gasteiger partial charge in [-0.05, 0) is 51.9 Å². The van der Waals surface area contributed by atoms with Gasteiger partial charge >= 0.3 is 0 Å². The summed E-state index contributed by atoms with van der Waals surface area (Å²) in [5, 5.41) is 3.67. The first-order valence-electron chi connectivity index (χ1n) is 7.10. The standard InChI is InChI=1S/C14H28N2/c1-4-14(2,3)15-9-10-16(13-7-8-13)11-12-5-6-12/h12-13,15H,4-11H2,1-3H3. The smallest absolute Gasteiger partial charge is 0.0123 e. The molecule has 0 aromatic heterocycles. The summed E-state index contributed by atoms with van der Waals surface area (Å²) in [6, 6.07) is 0.937. The fourth-order valence-electron chi connectivity index (χ4n) is 2.16. The van der Waals surface area contributed by atoms with Crippen molar-refractivity contribution in [1.29, 1.82) is 0 Å². The van der Waals surface area contributed by atoms with E-state index >= 15 is 0 Å². The molecule has 0 radical (unpaired) electrons. The Bertz CT molecular complexity index is 217. The average Bonchev–Trinajstić information content (AvgIpc) is 3.09. The Hall–Kier alpha value is -0.0800. The molecule has 0 unspecified atom stereocenters. The van der Waals surface area contributed by atoms with Gasteiger partial charge in [-0.3, -0.25) is 4.90 Å². The number of nitrogens with zero attached hydrogens (tertiary/aromatic N) is 1. The van der Waals surface area contributed by atoms with Crippen LogP contribution in [0.5, 0.6) is 0 Å². The van der Waals surface area contributed by atoms with Gasteiger partial charge in [0, 0.05) is 31.2 Å². The third kappa shape index (κ3) is 4.06. The third-order valence-electron chi connectivity index (χ3n) is 4.14. The molecule has 0 aromatic rings. The Morgan fingerprint density at radius 2 is 1.88 bits per heavy atom. The lowest BCUT2D eigenvalue weighted by Crippen LogP contribution is -2.44. The minimum Gasteiger partial charge on any atom is -0.311 e. The second-order valence-corrected chi connectivity index (χ2v) is 6.33. The van der Waals surface area contributed by atoms with Crippen molar-refractivity contribution >= 4 is 0 Å². The highest BCUT2D eigenvalue weighted by Gasteiger charge is 2.33. The van der Waals surface area contributed by atoms with Gasteiger partial charge in [0.2, 0.25) is 0 Å². The van der Waals surface area contributed by atoms with E-state index in [-0.39, 0.29) is 0 Å². The van der Waals surface area contributed by atoms with E-state index < -0.39 is 0 Å². The molecule has 2 heteroatoms. The van der Waals surface area contributed by atoms with E-state index in [1.54, 1.807) is 0 Å². The summed E-state index contributed by atoms with van der Waals surface area (Å²) >= 11 is 0. The minimum absolute atomic E-state index is 0.314. The first kappa shape index (κ1) is 12.4. The first-order chi connectivity index (χ1) is 7.61. The molecule has 0 aromatic carbocycles. The van der Waals surface area contributed by atoms with Gasteiger partial charge in [-0.1, -0.05) is 6.92 Å². The maximum atomic E-state index is 3.67. The number of hydrogen-bond acceptors (Lipinski definition) is 2. The summed E-state index contributed by atoms with van der Waals surface area (Å²) in [4.78, 5) is 2.73. The van der Waals surface area contributed by atoms with Crippen molar-refractivity contribution in [3.63, 3.8) is 0 Å². The lowest BCUT2D eigenvalue weighted by molar-refractivity contribution is 0.238. The van der Waals surface area contributed by atoms with E-state index in [2.05, 4.69) is 31.0 Å². The molecule has 94 valence electrons. The molecule has 16 heavy (non-hydrogen) atoms. The van der Waals surface area contributed by atoms with Crippen LogP contribution >= 0.6 is 0 Å². The van der Waals surface area contributed by atoms with Crippen molar-refractivity contribution in [2.24, 2.45) is 5.92 Å². The highest BCUT2D eigenvalue weighted by Crippen LogP contribution is 2.34. The lowest BCUT2D eigenvalue weighted by atomic mass is 10.0. The quantitative estimate of drug-likeness (QED) is 0.682. The van der Waals surface area contributed by atoms with Crippen molar-refractivity contribution in [2.45, 2.75) is 64.5 Å². The van der Waals surface area contributed by atoms with E-state index in [1.165, 1.54) is 45.2 Å². The fraction of sp³-hybridized carbons (Fsp3) is 1.00. The summed E-state index contributed by atoms with van der Waals surface area (Å²) < 4.78 is 0. The van der Waals surface area contributed by atoms with Gasteiger partial charge in [0.1, 0.15) is 0 Å². The van der Waals surface area contributed by atoms with E-state index in [0.717, 1.165) is 18.5 Å². The van der Waals surface area contributed by atoms with Crippen molar-refractivity contribution in [2.75, 3.05) is 19.6 Å².